The summed E-state index contributed by atoms with van der Waals surface area (Å²) in [4.78, 5) is 30.6. The Bertz CT molecular complexity index is 1170. The molecule has 7 heteroatoms. The van der Waals surface area contributed by atoms with Crippen molar-refractivity contribution in [2.75, 3.05) is 32.8 Å². The number of hydrogen-bond acceptors (Lipinski definition) is 6. The van der Waals surface area contributed by atoms with Gasteiger partial charge in [-0.2, -0.15) is 0 Å². The molecule has 0 bridgehead atoms. The maximum absolute atomic E-state index is 13.4. The van der Waals surface area contributed by atoms with Crippen LogP contribution in [0.3, 0.4) is 0 Å². The summed E-state index contributed by atoms with van der Waals surface area (Å²) in [6, 6.07) is 12.3. The van der Waals surface area contributed by atoms with Crippen LogP contribution in [0, 0.1) is 0 Å². The highest BCUT2D eigenvalue weighted by Gasteiger charge is 2.46. The van der Waals surface area contributed by atoms with Gasteiger partial charge in [0, 0.05) is 18.5 Å². The van der Waals surface area contributed by atoms with Crippen molar-refractivity contribution in [1.29, 1.82) is 0 Å². The van der Waals surface area contributed by atoms with Gasteiger partial charge in [0.25, 0.3) is 11.7 Å². The smallest absolute Gasteiger partial charge is 0.295 e. The lowest BCUT2D eigenvalue weighted by Crippen LogP contribution is -2.33. The van der Waals surface area contributed by atoms with E-state index in [1.807, 2.05) is 43.3 Å². The second kappa shape index (κ2) is 12.5. The van der Waals surface area contributed by atoms with E-state index in [-0.39, 0.29) is 17.4 Å². The number of aliphatic hydroxyl groups is 1. The van der Waals surface area contributed by atoms with Crippen molar-refractivity contribution in [3.8, 4) is 11.5 Å². The molecule has 2 heterocycles. The van der Waals surface area contributed by atoms with Crippen LogP contribution in [0.5, 0.6) is 11.5 Å². The maximum Gasteiger partial charge on any atom is 0.295 e. The first-order chi connectivity index (χ1) is 18.4. The predicted molar refractivity (Wildman–Crippen MR) is 148 cm³/mol. The second-order valence-electron chi connectivity index (χ2n) is 10.1. The van der Waals surface area contributed by atoms with Crippen LogP contribution in [-0.2, 0) is 16.0 Å². The van der Waals surface area contributed by atoms with Gasteiger partial charge in [-0.05, 0) is 80.9 Å². The molecule has 4 rings (SSSR count). The zero-order valence-corrected chi connectivity index (χ0v) is 23.0. The molecule has 1 saturated heterocycles. The molecule has 2 aliphatic heterocycles. The number of benzene rings is 2. The number of carbonyl (C=O) groups excluding carboxylic acids is 2. The van der Waals surface area contributed by atoms with Gasteiger partial charge in [0.2, 0.25) is 0 Å². The molecule has 0 radical (unpaired) electrons. The minimum absolute atomic E-state index is 0.0665. The van der Waals surface area contributed by atoms with E-state index < -0.39 is 17.7 Å². The summed E-state index contributed by atoms with van der Waals surface area (Å²) in [7, 11) is 0. The lowest BCUT2D eigenvalue weighted by atomic mass is 9.94. The van der Waals surface area contributed by atoms with Gasteiger partial charge in [-0.15, -0.1) is 0 Å². The van der Waals surface area contributed by atoms with Crippen molar-refractivity contribution >= 4 is 17.4 Å². The first-order valence-electron chi connectivity index (χ1n) is 13.9. The largest absolute Gasteiger partial charge is 0.507 e. The molecular weight excluding hydrogens is 480 g/mol. The molecule has 2 aromatic carbocycles. The molecular formula is C31H40N2O5. The van der Waals surface area contributed by atoms with Gasteiger partial charge in [-0.1, -0.05) is 39.3 Å². The van der Waals surface area contributed by atoms with Crippen LogP contribution >= 0.6 is 0 Å². The number of unbranched alkanes of at least 4 members (excludes halogenated alkanes) is 1. The highest BCUT2D eigenvalue weighted by atomic mass is 16.5. The Labute approximate surface area is 226 Å². The van der Waals surface area contributed by atoms with E-state index in [1.165, 1.54) is 0 Å². The quantitative estimate of drug-likeness (QED) is 0.176. The van der Waals surface area contributed by atoms with E-state index >= 15 is 0 Å². The maximum atomic E-state index is 13.4. The number of fused-ring (bicyclic) bond motifs is 1. The zero-order valence-electron chi connectivity index (χ0n) is 23.0. The number of amides is 1. The molecule has 0 aromatic heterocycles. The summed E-state index contributed by atoms with van der Waals surface area (Å²) >= 11 is 0. The molecule has 0 aliphatic carbocycles. The van der Waals surface area contributed by atoms with Crippen molar-refractivity contribution in [2.24, 2.45) is 0 Å². The second-order valence-corrected chi connectivity index (χ2v) is 10.1. The van der Waals surface area contributed by atoms with Gasteiger partial charge in [0.15, 0.2) is 0 Å². The van der Waals surface area contributed by atoms with E-state index in [2.05, 4.69) is 25.7 Å². The third-order valence-corrected chi connectivity index (χ3v) is 7.44. The molecule has 1 fully saturated rings. The number of rotatable bonds is 12. The number of hydrogen-bond donors (Lipinski definition) is 1. The minimum Gasteiger partial charge on any atom is -0.507 e. The Balaban J connectivity index is 1.69. The summed E-state index contributed by atoms with van der Waals surface area (Å²) in [6.45, 7) is 12.1. The third kappa shape index (κ3) is 5.88. The number of likely N-dealkylation sites (tertiary alicyclic amines) is 1. The average molecular weight is 521 g/mol. The predicted octanol–water partition coefficient (Wildman–Crippen LogP) is 5.34. The number of ketones is 1. The molecule has 1 N–H and O–H groups in total. The van der Waals surface area contributed by atoms with E-state index in [0.29, 0.717) is 18.7 Å². The summed E-state index contributed by atoms with van der Waals surface area (Å²) in [5, 5.41) is 11.4. The number of aliphatic hydroxyl groups excluding tert-OH is 1. The van der Waals surface area contributed by atoms with E-state index in [0.717, 1.165) is 67.9 Å². The van der Waals surface area contributed by atoms with Crippen LogP contribution in [0.4, 0.5) is 0 Å². The normalized spacial score (nSPS) is 20.2. The molecule has 2 unspecified atom stereocenters. The van der Waals surface area contributed by atoms with Crippen LogP contribution in [0.2, 0.25) is 0 Å². The first-order valence-corrected chi connectivity index (χ1v) is 13.9. The monoisotopic (exact) mass is 520 g/mol. The minimum atomic E-state index is -0.667. The fourth-order valence-electron chi connectivity index (χ4n) is 5.27. The van der Waals surface area contributed by atoms with E-state index in [1.54, 1.807) is 11.0 Å². The zero-order chi connectivity index (χ0) is 27.2. The van der Waals surface area contributed by atoms with Crippen molar-refractivity contribution < 1.29 is 24.2 Å². The number of Topliss-reactive ketones (excluding diaryl/α,β-unsaturated/α-hetero) is 1. The van der Waals surface area contributed by atoms with Crippen LogP contribution in [0.1, 0.15) is 69.7 Å². The van der Waals surface area contributed by atoms with Crippen LogP contribution < -0.4 is 9.47 Å². The van der Waals surface area contributed by atoms with Crippen molar-refractivity contribution in [3.05, 3.63) is 64.7 Å². The van der Waals surface area contributed by atoms with Crippen molar-refractivity contribution in [2.45, 2.75) is 65.5 Å². The number of carbonyl (C=O) groups is 2. The lowest BCUT2D eigenvalue weighted by molar-refractivity contribution is -0.140. The SMILES string of the molecule is CCCCOc1ccc(C2C(=C(O)c3ccc4c(c3)CC(C)O4)C(=O)C(=O)N2CCCN(CC)CC)cc1. The molecule has 204 valence electrons. The third-order valence-electron chi connectivity index (χ3n) is 7.44. The molecule has 2 aliphatic rings. The van der Waals surface area contributed by atoms with Crippen molar-refractivity contribution in [1.82, 2.24) is 9.80 Å². The Morgan fingerprint density at radius 3 is 2.50 bits per heavy atom. The standard InChI is InChI=1S/C31H40N2O5/c1-5-8-18-37-25-13-10-22(11-14-25)28-27(29(34)23-12-15-26-24(20-23)19-21(4)38-26)30(35)31(36)33(28)17-9-16-32(6-2)7-3/h10-15,20-21,28,34H,5-9,16-19H2,1-4H3. The first kappa shape index (κ1) is 27.7. The number of nitrogens with zero attached hydrogens (tertiary/aromatic N) is 2. The molecule has 0 spiro atoms. The Kier molecular flexibility index (Phi) is 9.10. The van der Waals surface area contributed by atoms with E-state index in [4.69, 9.17) is 9.47 Å². The Morgan fingerprint density at radius 2 is 1.82 bits per heavy atom. The summed E-state index contributed by atoms with van der Waals surface area (Å²) in [5.74, 6) is 0.168. The van der Waals surface area contributed by atoms with Gasteiger partial charge in [0.1, 0.15) is 23.4 Å². The van der Waals surface area contributed by atoms with Crippen LogP contribution in [0.15, 0.2) is 48.0 Å². The molecule has 7 nitrogen and oxygen atoms in total. The van der Waals surface area contributed by atoms with Gasteiger partial charge in [0.05, 0.1) is 18.2 Å². The van der Waals surface area contributed by atoms with Gasteiger partial charge >= 0.3 is 0 Å². The fraction of sp³-hybridized carbons (Fsp3) is 0.484. The summed E-state index contributed by atoms with van der Waals surface area (Å²) in [5.41, 5.74) is 2.41. The molecule has 38 heavy (non-hydrogen) atoms. The fourth-order valence-corrected chi connectivity index (χ4v) is 5.27. The van der Waals surface area contributed by atoms with E-state index in [9.17, 15) is 14.7 Å². The highest BCUT2D eigenvalue weighted by Crippen LogP contribution is 2.41. The average Bonchev–Trinajstić information content (AvgIpc) is 3.42. The number of ether oxygens (including phenoxy) is 2. The topological polar surface area (TPSA) is 79.3 Å². The lowest BCUT2D eigenvalue weighted by Gasteiger charge is -2.27. The van der Waals surface area contributed by atoms with Gasteiger partial charge in [-0.25, -0.2) is 0 Å². The molecule has 0 saturated carbocycles. The molecule has 1 amide bonds. The van der Waals surface area contributed by atoms with Gasteiger partial charge in [-0.3, -0.25) is 9.59 Å². The van der Waals surface area contributed by atoms with Gasteiger partial charge < -0.3 is 24.4 Å². The van der Waals surface area contributed by atoms with Crippen LogP contribution in [-0.4, -0.2) is 65.5 Å². The van der Waals surface area contributed by atoms with Crippen molar-refractivity contribution in [3.63, 3.8) is 0 Å². The molecule has 2 atom stereocenters. The Morgan fingerprint density at radius 1 is 1.08 bits per heavy atom. The molecule has 2 aromatic rings. The highest BCUT2D eigenvalue weighted by molar-refractivity contribution is 6.46. The van der Waals surface area contributed by atoms with Crippen LogP contribution in [0.25, 0.3) is 5.76 Å². The summed E-state index contributed by atoms with van der Waals surface area (Å²) in [6.07, 6.45) is 3.56. The Hall–Kier alpha value is -3.32. The summed E-state index contributed by atoms with van der Waals surface area (Å²) < 4.78 is 11.6.